The fourth-order valence-electron chi connectivity index (χ4n) is 4.40. The minimum absolute atomic E-state index is 0.212. The van der Waals surface area contributed by atoms with E-state index < -0.39 is 0 Å². The van der Waals surface area contributed by atoms with Crippen LogP contribution in [0.5, 0.6) is 0 Å². The highest BCUT2D eigenvalue weighted by atomic mass is 16.2. The molecule has 2 saturated heterocycles. The first-order valence-corrected chi connectivity index (χ1v) is 8.49. The highest BCUT2D eigenvalue weighted by Crippen LogP contribution is 2.39. The second kappa shape index (κ2) is 6.02. The van der Waals surface area contributed by atoms with Crippen molar-refractivity contribution in [2.45, 2.75) is 57.4 Å². The van der Waals surface area contributed by atoms with E-state index in [1.165, 1.54) is 45.2 Å². The van der Waals surface area contributed by atoms with Gasteiger partial charge in [0.25, 0.3) is 0 Å². The summed E-state index contributed by atoms with van der Waals surface area (Å²) in [5.41, 5.74) is 5.75. The summed E-state index contributed by atoms with van der Waals surface area (Å²) < 4.78 is 0. The summed E-state index contributed by atoms with van der Waals surface area (Å²) in [7, 11) is 0. The largest absolute Gasteiger partial charge is 0.341 e. The van der Waals surface area contributed by atoms with Crippen molar-refractivity contribution in [2.75, 3.05) is 32.7 Å². The predicted octanol–water partition coefficient (Wildman–Crippen LogP) is 1.59. The van der Waals surface area contributed by atoms with Crippen molar-refractivity contribution in [1.29, 1.82) is 0 Å². The lowest BCUT2D eigenvalue weighted by Crippen LogP contribution is -2.47. The van der Waals surface area contributed by atoms with E-state index >= 15 is 0 Å². The third kappa shape index (κ3) is 2.60. The van der Waals surface area contributed by atoms with Crippen LogP contribution in [0.1, 0.15) is 51.4 Å². The van der Waals surface area contributed by atoms with Crippen LogP contribution in [-0.2, 0) is 4.79 Å². The van der Waals surface area contributed by atoms with Gasteiger partial charge in [-0.1, -0.05) is 19.3 Å². The van der Waals surface area contributed by atoms with Crippen LogP contribution in [0.3, 0.4) is 0 Å². The van der Waals surface area contributed by atoms with Gasteiger partial charge in [0.1, 0.15) is 0 Å². The van der Waals surface area contributed by atoms with Gasteiger partial charge in [0, 0.05) is 25.7 Å². The smallest absolute Gasteiger partial charge is 0.230 e. The lowest BCUT2D eigenvalue weighted by atomic mass is 9.85. The van der Waals surface area contributed by atoms with E-state index in [9.17, 15) is 4.79 Å². The molecule has 1 aliphatic carbocycles. The number of amides is 1. The number of rotatable bonds is 3. The molecule has 0 aromatic heterocycles. The third-order valence-electron chi connectivity index (χ3n) is 5.76. The van der Waals surface area contributed by atoms with E-state index in [-0.39, 0.29) is 5.41 Å². The summed E-state index contributed by atoms with van der Waals surface area (Å²) >= 11 is 0. The van der Waals surface area contributed by atoms with Gasteiger partial charge >= 0.3 is 0 Å². The Hall–Kier alpha value is -0.610. The molecule has 4 heteroatoms. The third-order valence-corrected chi connectivity index (χ3v) is 5.76. The second-order valence-electron chi connectivity index (χ2n) is 6.98. The highest BCUT2D eigenvalue weighted by molar-refractivity contribution is 5.83. The maximum Gasteiger partial charge on any atom is 0.230 e. The standard InChI is InChI=1S/C16H29N3O/c17-13-16(7-2-3-8-16)15(20)19-11-6-14(12-19)18-9-4-1-5-10-18/h14H,1-13,17H2. The molecule has 0 aromatic carbocycles. The van der Waals surface area contributed by atoms with Crippen molar-refractivity contribution in [3.05, 3.63) is 0 Å². The van der Waals surface area contributed by atoms with E-state index in [1.54, 1.807) is 0 Å². The number of carbonyl (C=O) groups excluding carboxylic acids is 1. The average molecular weight is 279 g/mol. The van der Waals surface area contributed by atoms with Crippen molar-refractivity contribution in [1.82, 2.24) is 9.80 Å². The molecule has 2 aliphatic heterocycles. The Morgan fingerprint density at radius 1 is 1.05 bits per heavy atom. The van der Waals surface area contributed by atoms with Gasteiger partial charge in [0.05, 0.1) is 5.41 Å². The molecule has 0 radical (unpaired) electrons. The van der Waals surface area contributed by atoms with Crippen LogP contribution in [0.4, 0.5) is 0 Å². The number of nitrogens with zero attached hydrogens (tertiary/aromatic N) is 2. The molecule has 3 aliphatic rings. The Morgan fingerprint density at radius 3 is 2.40 bits per heavy atom. The van der Waals surface area contributed by atoms with E-state index in [4.69, 9.17) is 5.73 Å². The van der Waals surface area contributed by atoms with Crippen LogP contribution in [0, 0.1) is 5.41 Å². The summed E-state index contributed by atoms with van der Waals surface area (Å²) in [6.45, 7) is 4.89. The number of carbonyl (C=O) groups is 1. The average Bonchev–Trinajstić information content (AvgIpc) is 3.17. The van der Waals surface area contributed by atoms with Gasteiger partial charge in [0.15, 0.2) is 0 Å². The van der Waals surface area contributed by atoms with Crippen LogP contribution in [0.25, 0.3) is 0 Å². The zero-order valence-electron chi connectivity index (χ0n) is 12.6. The van der Waals surface area contributed by atoms with Gasteiger partial charge in [-0.2, -0.15) is 0 Å². The fourth-order valence-corrected chi connectivity index (χ4v) is 4.40. The van der Waals surface area contributed by atoms with Crippen LogP contribution in [0.2, 0.25) is 0 Å². The maximum atomic E-state index is 12.9. The number of hydrogen-bond acceptors (Lipinski definition) is 3. The Kier molecular flexibility index (Phi) is 4.32. The van der Waals surface area contributed by atoms with E-state index in [1.807, 2.05) is 0 Å². The molecule has 1 saturated carbocycles. The quantitative estimate of drug-likeness (QED) is 0.853. The van der Waals surface area contributed by atoms with Crippen LogP contribution < -0.4 is 5.73 Å². The fraction of sp³-hybridized carbons (Fsp3) is 0.938. The molecule has 0 aromatic rings. The SMILES string of the molecule is NCC1(C(=O)N2CCC(N3CCCCC3)C2)CCCC1. The number of nitrogens with two attached hydrogens (primary N) is 1. The van der Waals surface area contributed by atoms with Crippen LogP contribution in [0.15, 0.2) is 0 Å². The summed E-state index contributed by atoms with van der Waals surface area (Å²) in [6, 6.07) is 0.607. The van der Waals surface area contributed by atoms with E-state index in [0.29, 0.717) is 18.5 Å². The molecule has 1 atom stereocenters. The molecule has 0 spiro atoms. The van der Waals surface area contributed by atoms with Crippen molar-refractivity contribution in [3.8, 4) is 0 Å². The molecule has 20 heavy (non-hydrogen) atoms. The zero-order valence-corrected chi connectivity index (χ0v) is 12.6. The normalized spacial score (nSPS) is 30.9. The van der Waals surface area contributed by atoms with Gasteiger partial charge in [-0.15, -0.1) is 0 Å². The Morgan fingerprint density at radius 2 is 1.75 bits per heavy atom. The number of likely N-dealkylation sites (tertiary alicyclic amines) is 2. The van der Waals surface area contributed by atoms with Crippen LogP contribution >= 0.6 is 0 Å². The number of piperidine rings is 1. The Bertz CT molecular complexity index is 346. The molecule has 2 heterocycles. The van der Waals surface area contributed by atoms with Gasteiger partial charge in [0.2, 0.25) is 5.91 Å². The summed E-state index contributed by atoms with van der Waals surface area (Å²) in [5.74, 6) is 0.358. The maximum absolute atomic E-state index is 12.9. The molecule has 114 valence electrons. The molecule has 2 N–H and O–H groups in total. The lowest BCUT2D eigenvalue weighted by molar-refractivity contribution is -0.140. The van der Waals surface area contributed by atoms with Gasteiger partial charge in [-0.05, 0) is 45.2 Å². The minimum Gasteiger partial charge on any atom is -0.341 e. The van der Waals surface area contributed by atoms with Gasteiger partial charge in [-0.3, -0.25) is 9.69 Å². The zero-order chi connectivity index (χ0) is 14.0. The molecule has 1 unspecified atom stereocenters. The van der Waals surface area contributed by atoms with Gasteiger partial charge in [-0.25, -0.2) is 0 Å². The molecule has 3 rings (SSSR count). The molecule has 0 bridgehead atoms. The van der Waals surface area contributed by atoms with E-state index in [2.05, 4.69) is 9.80 Å². The first kappa shape index (κ1) is 14.3. The Balaban J connectivity index is 1.60. The molecule has 3 fully saturated rings. The summed E-state index contributed by atoms with van der Waals surface area (Å²) in [5, 5.41) is 0. The first-order chi connectivity index (χ1) is 9.75. The minimum atomic E-state index is -0.212. The van der Waals surface area contributed by atoms with Crippen molar-refractivity contribution < 1.29 is 4.79 Å². The topological polar surface area (TPSA) is 49.6 Å². The first-order valence-electron chi connectivity index (χ1n) is 8.49. The monoisotopic (exact) mass is 279 g/mol. The Labute approximate surface area is 122 Å². The second-order valence-corrected chi connectivity index (χ2v) is 6.98. The summed E-state index contributed by atoms with van der Waals surface area (Å²) in [4.78, 5) is 17.6. The van der Waals surface area contributed by atoms with Gasteiger partial charge < -0.3 is 10.6 Å². The molecular weight excluding hydrogens is 250 g/mol. The van der Waals surface area contributed by atoms with Crippen molar-refractivity contribution in [3.63, 3.8) is 0 Å². The molecule has 4 nitrogen and oxygen atoms in total. The highest BCUT2D eigenvalue weighted by Gasteiger charge is 2.44. The molecule has 1 amide bonds. The summed E-state index contributed by atoms with van der Waals surface area (Å²) in [6.07, 6.45) is 9.56. The lowest BCUT2D eigenvalue weighted by Gasteiger charge is -2.34. The predicted molar refractivity (Wildman–Crippen MR) is 80.4 cm³/mol. The van der Waals surface area contributed by atoms with Crippen molar-refractivity contribution >= 4 is 5.91 Å². The number of hydrogen-bond donors (Lipinski definition) is 1. The van der Waals surface area contributed by atoms with E-state index in [0.717, 1.165) is 32.4 Å². The van der Waals surface area contributed by atoms with Crippen LogP contribution in [-0.4, -0.2) is 54.5 Å². The van der Waals surface area contributed by atoms with Crippen molar-refractivity contribution in [2.24, 2.45) is 11.1 Å². The molecular formula is C16H29N3O.